The molecular weight excluding hydrogens is 296 g/mol. The molecule has 1 N–H and O–H groups in total. The summed E-state index contributed by atoms with van der Waals surface area (Å²) in [6.07, 6.45) is 2.46. The van der Waals surface area contributed by atoms with Crippen LogP contribution in [-0.4, -0.2) is 40.2 Å². The summed E-state index contributed by atoms with van der Waals surface area (Å²) in [6.45, 7) is 0.774. The number of anilines is 1. The summed E-state index contributed by atoms with van der Waals surface area (Å²) in [6, 6.07) is 3.31. The van der Waals surface area contributed by atoms with Crippen LogP contribution in [0.5, 0.6) is 5.75 Å². The standard InChI is InChI=1S/C14H11F2N3O3/c15-10-2-1-8(5-11(10)16)22-9-6-19(7-9)13-12(14(20)21)17-3-4-18-13/h1-5,9H,6-7H2,(H,20,21). The molecule has 8 heteroatoms. The number of aromatic nitrogens is 2. The van der Waals surface area contributed by atoms with Gasteiger partial charge >= 0.3 is 5.97 Å². The molecule has 1 fully saturated rings. The molecule has 114 valence electrons. The zero-order valence-corrected chi connectivity index (χ0v) is 11.2. The van der Waals surface area contributed by atoms with E-state index in [0.29, 0.717) is 13.1 Å². The molecule has 2 heterocycles. The predicted molar refractivity (Wildman–Crippen MR) is 72.0 cm³/mol. The van der Waals surface area contributed by atoms with Crippen molar-refractivity contribution in [3.05, 3.63) is 47.9 Å². The molecule has 6 nitrogen and oxygen atoms in total. The van der Waals surface area contributed by atoms with Crippen molar-refractivity contribution in [3.63, 3.8) is 0 Å². The molecule has 0 saturated carbocycles. The average molecular weight is 307 g/mol. The second-order valence-electron chi connectivity index (χ2n) is 4.75. The number of rotatable bonds is 4. The zero-order valence-electron chi connectivity index (χ0n) is 11.2. The number of benzene rings is 1. The second kappa shape index (κ2) is 5.55. The Morgan fingerprint density at radius 3 is 2.64 bits per heavy atom. The summed E-state index contributed by atoms with van der Waals surface area (Å²) >= 11 is 0. The Bertz CT molecular complexity index is 720. The van der Waals surface area contributed by atoms with Gasteiger partial charge in [-0.05, 0) is 12.1 Å². The van der Waals surface area contributed by atoms with Crippen molar-refractivity contribution in [2.24, 2.45) is 0 Å². The lowest BCUT2D eigenvalue weighted by Gasteiger charge is -2.39. The molecular formula is C14H11F2N3O3. The quantitative estimate of drug-likeness (QED) is 0.927. The smallest absolute Gasteiger partial charge is 0.358 e. The van der Waals surface area contributed by atoms with Crippen LogP contribution in [0.1, 0.15) is 10.5 Å². The Hall–Kier alpha value is -2.77. The van der Waals surface area contributed by atoms with Gasteiger partial charge < -0.3 is 14.7 Å². The Kier molecular flexibility index (Phi) is 3.58. The maximum atomic E-state index is 13.1. The van der Waals surface area contributed by atoms with Crippen LogP contribution in [0.25, 0.3) is 0 Å². The van der Waals surface area contributed by atoms with Crippen LogP contribution in [0.3, 0.4) is 0 Å². The fraction of sp³-hybridized carbons (Fsp3) is 0.214. The highest BCUT2D eigenvalue weighted by molar-refractivity contribution is 5.91. The molecule has 22 heavy (non-hydrogen) atoms. The Balaban J connectivity index is 1.65. The number of nitrogens with zero attached hydrogens (tertiary/aromatic N) is 3. The van der Waals surface area contributed by atoms with Gasteiger partial charge in [0.1, 0.15) is 11.9 Å². The van der Waals surface area contributed by atoms with E-state index >= 15 is 0 Å². The van der Waals surface area contributed by atoms with E-state index in [-0.39, 0.29) is 23.4 Å². The van der Waals surface area contributed by atoms with E-state index in [0.717, 1.165) is 12.1 Å². The second-order valence-corrected chi connectivity index (χ2v) is 4.75. The Morgan fingerprint density at radius 2 is 1.95 bits per heavy atom. The largest absolute Gasteiger partial charge is 0.487 e. The van der Waals surface area contributed by atoms with E-state index in [1.54, 1.807) is 4.90 Å². The summed E-state index contributed by atoms with van der Waals surface area (Å²) in [5.74, 6) is -2.58. The van der Waals surface area contributed by atoms with Crippen molar-refractivity contribution in [1.82, 2.24) is 9.97 Å². The van der Waals surface area contributed by atoms with Gasteiger partial charge in [-0.25, -0.2) is 23.5 Å². The lowest BCUT2D eigenvalue weighted by molar-refractivity contribution is 0.0689. The predicted octanol–water partition coefficient (Wildman–Crippen LogP) is 1.72. The van der Waals surface area contributed by atoms with Crippen molar-refractivity contribution in [1.29, 1.82) is 0 Å². The number of ether oxygens (including phenoxy) is 1. The van der Waals surface area contributed by atoms with Crippen molar-refractivity contribution >= 4 is 11.8 Å². The normalized spacial score (nSPS) is 14.5. The van der Waals surface area contributed by atoms with Crippen molar-refractivity contribution in [2.45, 2.75) is 6.10 Å². The summed E-state index contributed by atoms with van der Waals surface area (Å²) in [7, 11) is 0. The number of carbonyl (C=O) groups is 1. The first kappa shape index (κ1) is 14.2. The van der Waals surface area contributed by atoms with Gasteiger partial charge in [0.2, 0.25) is 0 Å². The highest BCUT2D eigenvalue weighted by atomic mass is 19.2. The summed E-state index contributed by atoms with van der Waals surface area (Å²) in [4.78, 5) is 20.5. The first-order chi connectivity index (χ1) is 10.5. The van der Waals surface area contributed by atoms with Gasteiger partial charge in [0, 0.05) is 18.5 Å². The summed E-state index contributed by atoms with van der Waals surface area (Å²) in [5, 5.41) is 9.05. The molecule has 0 amide bonds. The monoisotopic (exact) mass is 307 g/mol. The maximum absolute atomic E-state index is 13.1. The van der Waals surface area contributed by atoms with Gasteiger partial charge in [-0.15, -0.1) is 0 Å². The molecule has 0 unspecified atom stereocenters. The third-order valence-electron chi connectivity index (χ3n) is 3.22. The van der Waals surface area contributed by atoms with E-state index in [4.69, 9.17) is 9.84 Å². The van der Waals surface area contributed by atoms with Crippen molar-refractivity contribution < 1.29 is 23.4 Å². The van der Waals surface area contributed by atoms with E-state index in [2.05, 4.69) is 9.97 Å². The molecule has 0 atom stereocenters. The molecule has 2 aromatic rings. The van der Waals surface area contributed by atoms with Crippen molar-refractivity contribution in [2.75, 3.05) is 18.0 Å². The minimum Gasteiger partial charge on any atom is -0.487 e. The maximum Gasteiger partial charge on any atom is 0.358 e. The number of carboxylic acids is 1. The number of aromatic carboxylic acids is 1. The molecule has 0 spiro atoms. The Morgan fingerprint density at radius 1 is 1.23 bits per heavy atom. The molecule has 1 aliphatic heterocycles. The van der Waals surface area contributed by atoms with Gasteiger partial charge in [-0.3, -0.25) is 0 Å². The van der Waals surface area contributed by atoms with Crippen LogP contribution in [0.2, 0.25) is 0 Å². The van der Waals surface area contributed by atoms with Gasteiger partial charge in [-0.2, -0.15) is 0 Å². The molecule has 1 aromatic heterocycles. The molecule has 0 bridgehead atoms. The van der Waals surface area contributed by atoms with E-state index in [1.165, 1.54) is 18.5 Å². The van der Waals surface area contributed by atoms with Crippen LogP contribution < -0.4 is 9.64 Å². The molecule has 0 aliphatic carbocycles. The van der Waals surface area contributed by atoms with E-state index in [9.17, 15) is 13.6 Å². The van der Waals surface area contributed by atoms with Gasteiger partial charge in [0.15, 0.2) is 23.1 Å². The lowest BCUT2D eigenvalue weighted by Crippen LogP contribution is -2.54. The number of halogens is 2. The Labute approximate surface area is 124 Å². The molecule has 1 aromatic carbocycles. The SMILES string of the molecule is O=C(O)c1nccnc1N1CC(Oc2ccc(F)c(F)c2)C1. The van der Waals surface area contributed by atoms with Crippen LogP contribution >= 0.6 is 0 Å². The minimum absolute atomic E-state index is 0.131. The van der Waals surface area contributed by atoms with Crippen LogP contribution in [0, 0.1) is 11.6 Å². The van der Waals surface area contributed by atoms with Crippen LogP contribution in [-0.2, 0) is 0 Å². The van der Waals surface area contributed by atoms with Gasteiger partial charge in [0.05, 0.1) is 13.1 Å². The number of carboxylic acid groups (broad SMARTS) is 1. The lowest BCUT2D eigenvalue weighted by atomic mass is 10.1. The number of hydrogen-bond donors (Lipinski definition) is 1. The molecule has 3 rings (SSSR count). The molecule has 0 radical (unpaired) electrons. The summed E-state index contributed by atoms with van der Waals surface area (Å²) < 4.78 is 31.4. The highest BCUT2D eigenvalue weighted by Gasteiger charge is 2.32. The fourth-order valence-electron chi connectivity index (χ4n) is 2.14. The van der Waals surface area contributed by atoms with E-state index in [1.807, 2.05) is 0 Å². The first-order valence-corrected chi connectivity index (χ1v) is 6.45. The molecule has 1 saturated heterocycles. The van der Waals surface area contributed by atoms with E-state index < -0.39 is 17.6 Å². The van der Waals surface area contributed by atoms with Crippen LogP contribution in [0.15, 0.2) is 30.6 Å². The number of hydrogen-bond acceptors (Lipinski definition) is 5. The van der Waals surface area contributed by atoms with Crippen molar-refractivity contribution in [3.8, 4) is 5.75 Å². The average Bonchev–Trinajstić information content (AvgIpc) is 2.46. The third kappa shape index (κ3) is 2.67. The summed E-state index contributed by atoms with van der Waals surface area (Å²) in [5.41, 5.74) is -0.131. The molecule has 1 aliphatic rings. The van der Waals surface area contributed by atoms with Gasteiger partial charge in [-0.1, -0.05) is 0 Å². The first-order valence-electron chi connectivity index (χ1n) is 6.45. The minimum atomic E-state index is -1.16. The topological polar surface area (TPSA) is 75.5 Å². The zero-order chi connectivity index (χ0) is 15.7. The fourth-order valence-corrected chi connectivity index (χ4v) is 2.14. The highest BCUT2D eigenvalue weighted by Crippen LogP contribution is 2.25. The third-order valence-corrected chi connectivity index (χ3v) is 3.22. The van der Waals surface area contributed by atoms with Crippen LogP contribution in [0.4, 0.5) is 14.6 Å². The van der Waals surface area contributed by atoms with Gasteiger partial charge in [0.25, 0.3) is 0 Å².